The van der Waals surface area contributed by atoms with E-state index in [1.807, 2.05) is 0 Å². The van der Waals surface area contributed by atoms with E-state index in [-0.39, 0.29) is 0 Å². The maximum atomic E-state index is 13.4. The van der Waals surface area contributed by atoms with E-state index < -0.39 is 45.5 Å². The van der Waals surface area contributed by atoms with E-state index in [4.69, 9.17) is 0 Å². The van der Waals surface area contributed by atoms with Crippen molar-refractivity contribution in [1.82, 2.24) is 19.6 Å². The quantitative estimate of drug-likeness (QED) is 0.0427. The number of carboxylic acids is 4. The molecule has 0 amide bonds. The molecule has 1 aliphatic rings. The van der Waals surface area contributed by atoms with Gasteiger partial charge in [0.25, 0.3) is 0 Å². The van der Waals surface area contributed by atoms with Gasteiger partial charge in [0.2, 0.25) is 0 Å². The Morgan fingerprint density at radius 2 is 0.360 bits per heavy atom. The number of aliphatic carboxylic acids is 4. The number of carbonyl (C=O) groups is 4. The van der Waals surface area contributed by atoms with Crippen LogP contribution < -0.4 is 0 Å². The van der Waals surface area contributed by atoms with Crippen molar-refractivity contribution < 1.29 is 39.6 Å². The van der Waals surface area contributed by atoms with Crippen molar-refractivity contribution in [2.45, 2.75) is 441 Å². The fourth-order valence-corrected chi connectivity index (χ4v) is 17.0. The van der Waals surface area contributed by atoms with E-state index in [2.05, 4.69) is 75.0 Å². The van der Waals surface area contributed by atoms with Gasteiger partial charge < -0.3 is 30.2 Å². The molecular weight excluding hydrogens is 1240 g/mol. The summed E-state index contributed by atoms with van der Waals surface area (Å²) in [5, 5.41) is 44.0. The van der Waals surface area contributed by atoms with Crippen molar-refractivity contribution in [3.8, 4) is 0 Å². The lowest BCUT2D eigenvalue weighted by atomic mass is 9.74. The molecule has 1 fully saturated rings. The molecule has 4 unspecified atom stereocenters. The van der Waals surface area contributed by atoms with E-state index in [0.29, 0.717) is 0 Å². The number of unbranched alkanes of at least 4 members (excludes halogenated alkanes) is 36. The van der Waals surface area contributed by atoms with Gasteiger partial charge in [-0.05, 0) is 129 Å². The molecule has 100 heavy (non-hydrogen) atoms. The summed E-state index contributed by atoms with van der Waals surface area (Å²) < 4.78 is 0. The van der Waals surface area contributed by atoms with Crippen LogP contribution in [-0.4, -0.2) is 142 Å². The average Bonchev–Trinajstić information content (AvgIpc) is 0.891. The number of hydrogen-bond donors (Lipinski definition) is 4. The molecule has 0 spiro atoms. The molecule has 0 aromatic heterocycles. The zero-order valence-electron chi connectivity index (χ0n) is 68.1. The first-order valence-electron chi connectivity index (χ1n) is 44.4. The zero-order valence-corrected chi connectivity index (χ0v) is 68.1. The molecule has 0 saturated carbocycles. The summed E-state index contributed by atoms with van der Waals surface area (Å²) in [6.45, 7) is 29.7. The van der Waals surface area contributed by atoms with Crippen LogP contribution in [0.4, 0.5) is 0 Å². The summed E-state index contributed by atoms with van der Waals surface area (Å²) in [4.78, 5) is 64.1. The Labute approximate surface area is 620 Å². The summed E-state index contributed by atoms with van der Waals surface area (Å²) in [7, 11) is 0. The van der Waals surface area contributed by atoms with Crippen molar-refractivity contribution >= 4 is 23.9 Å². The van der Waals surface area contributed by atoms with Crippen LogP contribution in [0, 0.1) is 21.7 Å². The number of piperazine rings is 1. The number of hydrogen-bond acceptors (Lipinski definition) is 8. The monoisotopic (exact) mass is 1410 g/mol. The third kappa shape index (κ3) is 45.3. The van der Waals surface area contributed by atoms with Crippen molar-refractivity contribution in [2.24, 2.45) is 21.7 Å². The minimum absolute atomic E-state index is 0.582. The standard InChI is InChI=1S/C88H172N4O8/c1-9-17-25-33-37-45-61-85(81(93)94,57-41-29-21-13-5)65-49-53-69-89(70-54-50-66-86(82(95)96,58-42-30-22-14-6)62-46-38-34-26-18-10-2)73-75-91-77-79-92(80-78-91)76-74-90(71-55-51-67-87(83(97)98,59-43-31-23-15-7)63-47-39-35-27-19-11-3)72-56-52-68-88(84(99)100,60-44-32-24-16-8)64-48-40-36-28-20-12-4/h9-80H2,1-8H3,(H,93,94)(H,95,96)(H,97,98)(H,99,100). The highest BCUT2D eigenvalue weighted by atomic mass is 16.4. The normalized spacial score (nSPS) is 15.7. The Bertz CT molecular complexity index is 1650. The van der Waals surface area contributed by atoms with Gasteiger partial charge in [0, 0.05) is 52.4 Å². The predicted molar refractivity (Wildman–Crippen MR) is 428 cm³/mol. The summed E-state index contributed by atoms with van der Waals surface area (Å²) in [5.74, 6) is -2.33. The maximum absolute atomic E-state index is 13.4. The van der Waals surface area contributed by atoms with Gasteiger partial charge in [-0.25, -0.2) is 0 Å². The Morgan fingerprint density at radius 3 is 0.520 bits per heavy atom. The largest absolute Gasteiger partial charge is 0.481 e. The Kier molecular flexibility index (Phi) is 61.2. The first-order chi connectivity index (χ1) is 48.6. The second kappa shape index (κ2) is 63.9. The Balaban J connectivity index is 3.42. The zero-order chi connectivity index (χ0) is 73.5. The Hall–Kier alpha value is -2.28. The van der Waals surface area contributed by atoms with Crippen molar-refractivity contribution in [3.63, 3.8) is 0 Å². The minimum atomic E-state index is -0.642. The maximum Gasteiger partial charge on any atom is 0.309 e. The predicted octanol–water partition coefficient (Wildman–Crippen LogP) is 25.1. The molecule has 592 valence electrons. The topological polar surface area (TPSA) is 162 Å². The minimum Gasteiger partial charge on any atom is -0.481 e. The summed E-state index contributed by atoms with van der Waals surface area (Å²) in [6, 6.07) is 0. The van der Waals surface area contributed by atoms with E-state index in [1.165, 1.54) is 103 Å². The highest BCUT2D eigenvalue weighted by Crippen LogP contribution is 2.42. The molecule has 0 bridgehead atoms. The molecule has 4 N–H and O–H groups in total. The summed E-state index contributed by atoms with van der Waals surface area (Å²) in [6.07, 6.45) is 62.7. The van der Waals surface area contributed by atoms with Gasteiger partial charge in [0.15, 0.2) is 0 Å². The van der Waals surface area contributed by atoms with Crippen LogP contribution in [0.15, 0.2) is 0 Å². The molecule has 1 heterocycles. The first kappa shape index (κ1) is 95.7. The van der Waals surface area contributed by atoms with Gasteiger partial charge in [-0.1, -0.05) is 338 Å². The highest BCUT2D eigenvalue weighted by molar-refractivity contribution is 5.76. The van der Waals surface area contributed by atoms with Crippen molar-refractivity contribution in [1.29, 1.82) is 0 Å². The van der Waals surface area contributed by atoms with Gasteiger partial charge in [-0.3, -0.25) is 29.0 Å². The lowest BCUT2D eigenvalue weighted by Crippen LogP contribution is -2.50. The second-order valence-electron chi connectivity index (χ2n) is 32.9. The number of rotatable bonds is 78. The molecule has 12 heteroatoms. The van der Waals surface area contributed by atoms with Crippen LogP contribution in [0.3, 0.4) is 0 Å². The Morgan fingerprint density at radius 1 is 0.220 bits per heavy atom. The van der Waals surface area contributed by atoms with Gasteiger partial charge >= 0.3 is 23.9 Å². The molecule has 12 nitrogen and oxygen atoms in total. The van der Waals surface area contributed by atoms with Crippen LogP contribution >= 0.6 is 0 Å². The lowest BCUT2D eigenvalue weighted by molar-refractivity contribution is -0.151. The van der Waals surface area contributed by atoms with E-state index in [1.54, 1.807) is 0 Å². The van der Waals surface area contributed by atoms with Gasteiger partial charge in [0.05, 0.1) is 21.7 Å². The molecular formula is C88H172N4O8. The van der Waals surface area contributed by atoms with Crippen molar-refractivity contribution in [3.05, 3.63) is 0 Å². The van der Waals surface area contributed by atoms with Crippen LogP contribution in [0.5, 0.6) is 0 Å². The molecule has 0 aromatic rings. The highest BCUT2D eigenvalue weighted by Gasteiger charge is 2.40. The molecule has 1 saturated heterocycles. The fourth-order valence-electron chi connectivity index (χ4n) is 17.0. The van der Waals surface area contributed by atoms with E-state index >= 15 is 0 Å². The second-order valence-corrected chi connectivity index (χ2v) is 32.9. The van der Waals surface area contributed by atoms with Gasteiger partial charge in [-0.15, -0.1) is 0 Å². The fraction of sp³-hybridized carbons (Fsp3) is 0.955. The van der Waals surface area contributed by atoms with E-state index in [9.17, 15) is 39.6 Å². The van der Waals surface area contributed by atoms with E-state index in [0.717, 1.165) is 361 Å². The molecule has 0 radical (unpaired) electrons. The first-order valence-corrected chi connectivity index (χ1v) is 44.4. The molecule has 0 aliphatic carbocycles. The van der Waals surface area contributed by atoms with Crippen LogP contribution in [0.1, 0.15) is 441 Å². The number of nitrogens with zero attached hydrogens (tertiary/aromatic N) is 4. The number of carboxylic acid groups (broad SMARTS) is 4. The van der Waals surface area contributed by atoms with Crippen LogP contribution in [-0.2, 0) is 19.2 Å². The van der Waals surface area contributed by atoms with Gasteiger partial charge in [0.1, 0.15) is 0 Å². The average molecular weight is 1410 g/mol. The van der Waals surface area contributed by atoms with Crippen LogP contribution in [0.2, 0.25) is 0 Å². The summed E-state index contributed by atoms with van der Waals surface area (Å²) >= 11 is 0. The lowest BCUT2D eigenvalue weighted by Gasteiger charge is -2.37. The molecule has 1 aliphatic heterocycles. The van der Waals surface area contributed by atoms with Crippen LogP contribution in [0.25, 0.3) is 0 Å². The third-order valence-corrected chi connectivity index (χ3v) is 24.3. The SMILES string of the molecule is CCCCCCCCC(CCCCCC)(CCCCN(CCCCC(CCCCCC)(CCCCCCCC)C(=O)O)CCN1CCN(CCN(CCCCC(CCCCCC)(CCCCCCCC)C(=O)O)CCCCC(CCCCCC)(CCCCCCCC)C(=O)O)CC1)C(=O)O. The molecule has 4 atom stereocenters. The third-order valence-electron chi connectivity index (χ3n) is 24.3. The molecule has 0 aromatic carbocycles. The summed E-state index contributed by atoms with van der Waals surface area (Å²) in [5.41, 5.74) is -2.57. The van der Waals surface area contributed by atoms with Gasteiger partial charge in [-0.2, -0.15) is 0 Å². The van der Waals surface area contributed by atoms with Crippen molar-refractivity contribution in [2.75, 3.05) is 78.5 Å². The smallest absolute Gasteiger partial charge is 0.309 e. The molecule has 1 rings (SSSR count).